The van der Waals surface area contributed by atoms with Crippen molar-refractivity contribution in [1.82, 2.24) is 10.3 Å². The molecule has 22 heavy (non-hydrogen) atoms. The van der Waals surface area contributed by atoms with Crippen LogP contribution in [0.4, 0.5) is 5.69 Å². The van der Waals surface area contributed by atoms with Gasteiger partial charge in [-0.05, 0) is 17.9 Å². The van der Waals surface area contributed by atoms with Crippen molar-refractivity contribution in [3.8, 4) is 5.75 Å². The van der Waals surface area contributed by atoms with Crippen LogP contribution in [0.25, 0.3) is 0 Å². The molecule has 1 aromatic carbocycles. The average molecular weight is 295 g/mol. The number of benzene rings is 1. The zero-order chi connectivity index (χ0) is 14.8. The molecular weight excluding hydrogens is 274 g/mol. The standard InChI is InChI=1S/C18H21N3O/c1-2-4-14(5-3-1)13-22-17-8-16(10-20-11-17)21-7-6-15-9-19-12-18(15)21/h1-5,8,10-11,15,18-19H,6-7,9,12-13H2/t15-,18+/m0/s1. The molecule has 4 nitrogen and oxygen atoms in total. The lowest BCUT2D eigenvalue weighted by Crippen LogP contribution is -2.34. The van der Waals surface area contributed by atoms with Gasteiger partial charge in [-0.15, -0.1) is 0 Å². The van der Waals surface area contributed by atoms with Crippen LogP contribution in [0.15, 0.2) is 48.8 Å². The number of aromatic nitrogens is 1. The Bertz CT molecular complexity index is 631. The molecular formula is C18H21N3O. The van der Waals surface area contributed by atoms with Crippen molar-refractivity contribution in [2.24, 2.45) is 5.92 Å². The summed E-state index contributed by atoms with van der Waals surface area (Å²) in [6.45, 7) is 3.94. The second-order valence-corrected chi connectivity index (χ2v) is 6.12. The fourth-order valence-corrected chi connectivity index (χ4v) is 3.55. The maximum absolute atomic E-state index is 5.90. The monoisotopic (exact) mass is 295 g/mol. The highest BCUT2D eigenvalue weighted by Crippen LogP contribution is 2.32. The molecule has 0 aliphatic carbocycles. The molecule has 2 aliphatic heterocycles. The van der Waals surface area contributed by atoms with Gasteiger partial charge in [0.15, 0.2) is 0 Å². The van der Waals surface area contributed by atoms with E-state index >= 15 is 0 Å². The summed E-state index contributed by atoms with van der Waals surface area (Å²) < 4.78 is 5.90. The van der Waals surface area contributed by atoms with Gasteiger partial charge < -0.3 is 15.0 Å². The summed E-state index contributed by atoms with van der Waals surface area (Å²) in [5.41, 5.74) is 2.36. The fourth-order valence-electron chi connectivity index (χ4n) is 3.55. The highest BCUT2D eigenvalue weighted by Gasteiger charge is 2.37. The van der Waals surface area contributed by atoms with Crippen LogP contribution in [0.3, 0.4) is 0 Å². The number of hydrogen-bond donors (Lipinski definition) is 1. The molecule has 3 heterocycles. The summed E-state index contributed by atoms with van der Waals surface area (Å²) in [5, 5.41) is 3.49. The van der Waals surface area contributed by atoms with Crippen molar-refractivity contribution >= 4 is 5.69 Å². The first kappa shape index (κ1) is 13.6. The van der Waals surface area contributed by atoms with Gasteiger partial charge in [-0.25, -0.2) is 0 Å². The predicted molar refractivity (Wildman–Crippen MR) is 87.1 cm³/mol. The third-order valence-corrected chi connectivity index (χ3v) is 4.72. The van der Waals surface area contributed by atoms with Crippen LogP contribution in [0, 0.1) is 5.92 Å². The van der Waals surface area contributed by atoms with Gasteiger partial charge in [0.2, 0.25) is 0 Å². The Morgan fingerprint density at radius 2 is 2.09 bits per heavy atom. The lowest BCUT2D eigenvalue weighted by atomic mass is 10.1. The maximum Gasteiger partial charge on any atom is 0.140 e. The van der Waals surface area contributed by atoms with Gasteiger partial charge in [0.1, 0.15) is 12.4 Å². The van der Waals surface area contributed by atoms with E-state index in [2.05, 4.69) is 33.4 Å². The number of anilines is 1. The molecule has 2 atom stereocenters. The van der Waals surface area contributed by atoms with E-state index in [0.717, 1.165) is 31.3 Å². The molecule has 0 saturated carbocycles. The lowest BCUT2D eigenvalue weighted by molar-refractivity contribution is 0.305. The van der Waals surface area contributed by atoms with E-state index in [4.69, 9.17) is 4.74 Å². The van der Waals surface area contributed by atoms with E-state index in [1.165, 1.54) is 17.7 Å². The Balaban J connectivity index is 1.46. The average Bonchev–Trinajstić information content (AvgIpc) is 3.17. The second-order valence-electron chi connectivity index (χ2n) is 6.12. The van der Waals surface area contributed by atoms with Gasteiger partial charge in [0.05, 0.1) is 18.1 Å². The van der Waals surface area contributed by atoms with Crippen LogP contribution < -0.4 is 15.0 Å². The molecule has 0 bridgehead atoms. The van der Waals surface area contributed by atoms with Crippen LogP contribution in [-0.2, 0) is 6.61 Å². The molecule has 1 N–H and O–H groups in total. The fraction of sp³-hybridized carbons (Fsp3) is 0.389. The van der Waals surface area contributed by atoms with E-state index in [1.54, 1.807) is 6.20 Å². The number of ether oxygens (including phenoxy) is 1. The number of nitrogens with one attached hydrogen (secondary N) is 1. The van der Waals surface area contributed by atoms with Crippen LogP contribution in [0.5, 0.6) is 5.75 Å². The van der Waals surface area contributed by atoms with Crippen LogP contribution in [0.2, 0.25) is 0 Å². The molecule has 1 aromatic heterocycles. The van der Waals surface area contributed by atoms with Gasteiger partial charge in [0.25, 0.3) is 0 Å². The summed E-state index contributed by atoms with van der Waals surface area (Å²) >= 11 is 0. The van der Waals surface area contributed by atoms with Gasteiger partial charge in [-0.2, -0.15) is 0 Å². The first-order valence-electron chi connectivity index (χ1n) is 7.99. The molecule has 2 fully saturated rings. The smallest absolute Gasteiger partial charge is 0.140 e. The molecule has 0 amide bonds. The summed E-state index contributed by atoms with van der Waals surface area (Å²) in [5.74, 6) is 1.63. The van der Waals surface area contributed by atoms with Crippen LogP contribution in [0.1, 0.15) is 12.0 Å². The van der Waals surface area contributed by atoms with E-state index in [1.807, 2.05) is 24.4 Å². The van der Waals surface area contributed by atoms with Gasteiger partial charge in [-0.3, -0.25) is 4.98 Å². The molecule has 4 heteroatoms. The molecule has 2 saturated heterocycles. The number of nitrogens with zero attached hydrogens (tertiary/aromatic N) is 2. The van der Waals surface area contributed by atoms with Gasteiger partial charge >= 0.3 is 0 Å². The number of pyridine rings is 1. The Morgan fingerprint density at radius 3 is 3.00 bits per heavy atom. The third-order valence-electron chi connectivity index (χ3n) is 4.72. The Kier molecular flexibility index (Phi) is 3.69. The van der Waals surface area contributed by atoms with Crippen molar-refractivity contribution in [3.05, 3.63) is 54.4 Å². The highest BCUT2D eigenvalue weighted by atomic mass is 16.5. The normalized spacial score (nSPS) is 23.5. The number of rotatable bonds is 4. The van der Waals surface area contributed by atoms with Gasteiger partial charge in [0, 0.05) is 31.7 Å². The molecule has 0 spiro atoms. The first-order chi connectivity index (χ1) is 10.9. The molecule has 2 aromatic rings. The van der Waals surface area contributed by atoms with E-state index < -0.39 is 0 Å². The molecule has 114 valence electrons. The SMILES string of the molecule is c1ccc(COc2cncc(N3CC[C@H]4CNC[C@H]43)c2)cc1. The van der Waals surface area contributed by atoms with Crippen LogP contribution in [-0.4, -0.2) is 30.7 Å². The van der Waals surface area contributed by atoms with E-state index in [9.17, 15) is 0 Å². The minimum atomic E-state index is 0.583. The number of hydrogen-bond acceptors (Lipinski definition) is 4. The predicted octanol–water partition coefficient (Wildman–Crippen LogP) is 2.46. The molecule has 0 radical (unpaired) electrons. The largest absolute Gasteiger partial charge is 0.487 e. The third kappa shape index (κ3) is 2.66. The second kappa shape index (κ2) is 5.97. The molecule has 0 unspecified atom stereocenters. The summed E-state index contributed by atoms with van der Waals surface area (Å²) in [6.07, 6.45) is 5.02. The summed E-state index contributed by atoms with van der Waals surface area (Å²) in [6, 6.07) is 13.0. The maximum atomic E-state index is 5.90. The van der Waals surface area contributed by atoms with Crippen molar-refractivity contribution in [2.75, 3.05) is 24.5 Å². The Hall–Kier alpha value is -2.07. The highest BCUT2D eigenvalue weighted by molar-refractivity contribution is 5.50. The summed E-state index contributed by atoms with van der Waals surface area (Å²) in [7, 11) is 0. The number of fused-ring (bicyclic) bond motifs is 1. The quantitative estimate of drug-likeness (QED) is 0.940. The van der Waals surface area contributed by atoms with Crippen molar-refractivity contribution in [1.29, 1.82) is 0 Å². The molecule has 2 aliphatic rings. The van der Waals surface area contributed by atoms with Crippen molar-refractivity contribution in [3.63, 3.8) is 0 Å². The van der Waals surface area contributed by atoms with Crippen molar-refractivity contribution in [2.45, 2.75) is 19.1 Å². The van der Waals surface area contributed by atoms with Crippen LogP contribution >= 0.6 is 0 Å². The lowest BCUT2D eigenvalue weighted by Gasteiger charge is -2.25. The summed E-state index contributed by atoms with van der Waals surface area (Å²) in [4.78, 5) is 6.85. The topological polar surface area (TPSA) is 37.4 Å². The zero-order valence-electron chi connectivity index (χ0n) is 12.6. The molecule has 4 rings (SSSR count). The zero-order valence-corrected chi connectivity index (χ0v) is 12.6. The van der Waals surface area contributed by atoms with Crippen molar-refractivity contribution < 1.29 is 4.74 Å². The first-order valence-corrected chi connectivity index (χ1v) is 7.99. The van der Waals surface area contributed by atoms with E-state index in [-0.39, 0.29) is 0 Å². The Morgan fingerprint density at radius 1 is 1.18 bits per heavy atom. The Labute approximate surface area is 131 Å². The minimum absolute atomic E-state index is 0.583. The minimum Gasteiger partial charge on any atom is -0.487 e. The van der Waals surface area contributed by atoms with E-state index in [0.29, 0.717) is 12.6 Å². The van der Waals surface area contributed by atoms with Gasteiger partial charge in [-0.1, -0.05) is 30.3 Å².